The van der Waals surface area contributed by atoms with Crippen molar-refractivity contribution in [3.8, 4) is 0 Å². The summed E-state index contributed by atoms with van der Waals surface area (Å²) in [5, 5.41) is 2.77. The van der Waals surface area contributed by atoms with Gasteiger partial charge in [0.25, 0.3) is 5.91 Å². The van der Waals surface area contributed by atoms with E-state index in [0.717, 1.165) is 29.9 Å². The normalized spacial score (nSPS) is 17.2. The number of halogens is 3. The first kappa shape index (κ1) is 24.2. The van der Waals surface area contributed by atoms with Gasteiger partial charge in [0.1, 0.15) is 6.54 Å². The van der Waals surface area contributed by atoms with Crippen LogP contribution >= 0.6 is 0 Å². The van der Waals surface area contributed by atoms with Crippen LogP contribution < -0.4 is 10.2 Å². The largest absolute Gasteiger partial charge is 0.416 e. The zero-order chi connectivity index (χ0) is 23.5. The smallest absolute Gasteiger partial charge is 0.324 e. The molecule has 1 amide bonds. The molecule has 1 heterocycles. The zero-order valence-corrected chi connectivity index (χ0v) is 18.8. The molecule has 2 N–H and O–H groups in total. The molecule has 1 unspecified atom stereocenters. The fourth-order valence-electron chi connectivity index (χ4n) is 3.55. The SMILES string of the molecule is C[C@@H](C(=O)Nc1ccc(S(=O)(=O)N2CCCC2)cc1)[NH+](C)Cc1ccc(C(F)(F)F)cc1. The lowest BCUT2D eigenvalue weighted by Crippen LogP contribution is -3.12. The van der Waals surface area contributed by atoms with E-state index in [9.17, 15) is 26.4 Å². The first-order valence-corrected chi connectivity index (χ1v) is 11.8. The van der Waals surface area contributed by atoms with E-state index in [-0.39, 0.29) is 10.8 Å². The van der Waals surface area contributed by atoms with Gasteiger partial charge in [-0.25, -0.2) is 8.42 Å². The summed E-state index contributed by atoms with van der Waals surface area (Å²) in [5.74, 6) is -0.274. The van der Waals surface area contributed by atoms with E-state index in [1.54, 1.807) is 26.1 Å². The topological polar surface area (TPSA) is 70.9 Å². The first-order valence-electron chi connectivity index (χ1n) is 10.4. The maximum absolute atomic E-state index is 12.7. The molecule has 2 aromatic carbocycles. The molecule has 1 aliphatic heterocycles. The minimum absolute atomic E-state index is 0.190. The number of hydrogen-bond donors (Lipinski definition) is 2. The number of alkyl halides is 3. The van der Waals surface area contributed by atoms with Crippen LogP contribution in [0.15, 0.2) is 53.4 Å². The molecule has 174 valence electrons. The fraction of sp³-hybridized carbons (Fsp3) is 0.409. The van der Waals surface area contributed by atoms with Crippen LogP contribution in [-0.2, 0) is 27.5 Å². The van der Waals surface area contributed by atoms with Crippen molar-refractivity contribution in [2.75, 3.05) is 25.5 Å². The number of nitrogens with one attached hydrogen (secondary N) is 2. The Morgan fingerprint density at radius 2 is 1.62 bits per heavy atom. The Morgan fingerprint density at radius 3 is 2.16 bits per heavy atom. The van der Waals surface area contributed by atoms with Gasteiger partial charge in [-0.1, -0.05) is 12.1 Å². The monoisotopic (exact) mass is 470 g/mol. The summed E-state index contributed by atoms with van der Waals surface area (Å²) in [7, 11) is -1.73. The third kappa shape index (κ3) is 5.67. The minimum Gasteiger partial charge on any atom is -0.324 e. The van der Waals surface area contributed by atoms with Crippen LogP contribution in [-0.4, -0.2) is 44.8 Å². The van der Waals surface area contributed by atoms with Crippen molar-refractivity contribution >= 4 is 21.6 Å². The highest BCUT2D eigenvalue weighted by atomic mass is 32.2. The molecule has 2 aromatic rings. The van der Waals surface area contributed by atoms with Crippen molar-refractivity contribution in [1.82, 2.24) is 4.31 Å². The molecule has 1 aliphatic rings. The van der Waals surface area contributed by atoms with E-state index in [2.05, 4.69) is 5.32 Å². The summed E-state index contributed by atoms with van der Waals surface area (Å²) in [4.78, 5) is 13.6. The second-order valence-electron chi connectivity index (χ2n) is 8.06. The van der Waals surface area contributed by atoms with Gasteiger partial charge >= 0.3 is 6.18 Å². The molecular weight excluding hydrogens is 443 g/mol. The van der Waals surface area contributed by atoms with Gasteiger partial charge in [-0.3, -0.25) is 4.79 Å². The van der Waals surface area contributed by atoms with Gasteiger partial charge in [-0.2, -0.15) is 17.5 Å². The van der Waals surface area contributed by atoms with Crippen LogP contribution in [0.3, 0.4) is 0 Å². The molecule has 1 saturated heterocycles. The average Bonchev–Trinajstić information content (AvgIpc) is 3.29. The number of carbonyl (C=O) groups is 1. The van der Waals surface area contributed by atoms with Crippen LogP contribution in [0.5, 0.6) is 0 Å². The Hall–Kier alpha value is -2.43. The molecule has 32 heavy (non-hydrogen) atoms. The highest BCUT2D eigenvalue weighted by Gasteiger charge is 2.30. The maximum atomic E-state index is 12.7. The molecule has 6 nitrogen and oxygen atoms in total. The number of hydrogen-bond acceptors (Lipinski definition) is 3. The Morgan fingerprint density at radius 1 is 1.06 bits per heavy atom. The molecular formula is C22H27F3N3O3S+. The Labute approximate surface area is 186 Å². The number of benzene rings is 2. The van der Waals surface area contributed by atoms with Crippen LogP contribution in [0, 0.1) is 0 Å². The van der Waals surface area contributed by atoms with Gasteiger partial charge in [-0.05, 0) is 56.2 Å². The van der Waals surface area contributed by atoms with Crippen LogP contribution in [0.2, 0.25) is 0 Å². The predicted octanol–water partition coefficient (Wildman–Crippen LogP) is 2.53. The highest BCUT2D eigenvalue weighted by molar-refractivity contribution is 7.89. The number of quaternary nitrogens is 1. The number of nitrogens with zero attached hydrogens (tertiary/aromatic N) is 1. The highest BCUT2D eigenvalue weighted by Crippen LogP contribution is 2.29. The second-order valence-corrected chi connectivity index (χ2v) is 10.0. The van der Waals surface area contributed by atoms with Crippen molar-refractivity contribution in [3.05, 3.63) is 59.7 Å². The predicted molar refractivity (Wildman–Crippen MR) is 115 cm³/mol. The Balaban J connectivity index is 1.58. The number of anilines is 1. The van der Waals surface area contributed by atoms with Crippen LogP contribution in [0.1, 0.15) is 30.9 Å². The third-order valence-electron chi connectivity index (χ3n) is 5.72. The van der Waals surface area contributed by atoms with Gasteiger partial charge in [0.2, 0.25) is 10.0 Å². The average molecular weight is 471 g/mol. The molecule has 0 saturated carbocycles. The van der Waals surface area contributed by atoms with Gasteiger partial charge < -0.3 is 10.2 Å². The van der Waals surface area contributed by atoms with Crippen LogP contribution in [0.25, 0.3) is 0 Å². The lowest BCUT2D eigenvalue weighted by molar-refractivity contribution is -0.907. The van der Waals surface area contributed by atoms with E-state index >= 15 is 0 Å². The van der Waals surface area contributed by atoms with Crippen LogP contribution in [0.4, 0.5) is 18.9 Å². The molecule has 0 aliphatic carbocycles. The number of amides is 1. The number of carbonyl (C=O) groups excluding carboxylic acids is 1. The number of likely N-dealkylation sites (N-methyl/N-ethyl adjacent to an activating group) is 1. The zero-order valence-electron chi connectivity index (χ0n) is 17.9. The molecule has 1 fully saturated rings. The lowest BCUT2D eigenvalue weighted by atomic mass is 10.1. The maximum Gasteiger partial charge on any atom is 0.416 e. The first-order chi connectivity index (χ1) is 15.0. The molecule has 0 bridgehead atoms. The second kappa shape index (κ2) is 9.60. The fourth-order valence-corrected chi connectivity index (χ4v) is 5.07. The number of sulfonamides is 1. The minimum atomic E-state index is -4.38. The molecule has 0 spiro atoms. The molecule has 10 heteroatoms. The van der Waals surface area contributed by atoms with E-state index in [4.69, 9.17) is 0 Å². The Bertz CT molecular complexity index is 1030. The summed E-state index contributed by atoms with van der Waals surface area (Å²) < 4.78 is 64.7. The Kier molecular flexibility index (Phi) is 7.26. The van der Waals surface area contributed by atoms with E-state index in [1.807, 2.05) is 0 Å². The summed E-state index contributed by atoms with van der Waals surface area (Å²) in [6.45, 7) is 3.14. The van der Waals surface area contributed by atoms with E-state index in [0.29, 0.717) is 30.9 Å². The summed E-state index contributed by atoms with van der Waals surface area (Å²) in [6.07, 6.45) is -2.67. The number of rotatable bonds is 7. The lowest BCUT2D eigenvalue weighted by Gasteiger charge is -2.21. The van der Waals surface area contributed by atoms with Crippen molar-refractivity contribution in [1.29, 1.82) is 0 Å². The van der Waals surface area contributed by atoms with Gasteiger partial charge in [-0.15, -0.1) is 0 Å². The molecule has 0 radical (unpaired) electrons. The summed E-state index contributed by atoms with van der Waals surface area (Å²) in [6, 6.07) is 10.5. The van der Waals surface area contributed by atoms with Gasteiger partial charge in [0.15, 0.2) is 6.04 Å². The standard InChI is InChI=1S/C22H26F3N3O3S/c1-16(27(2)15-17-5-7-18(8-6-17)22(23,24)25)21(29)26-19-9-11-20(12-10-19)32(30,31)28-13-3-4-14-28/h5-12,16H,3-4,13-15H2,1-2H3,(H,26,29)/p+1/t16-/m0/s1. The van der Waals surface area contributed by atoms with Crippen molar-refractivity contribution in [2.45, 2.75) is 43.4 Å². The van der Waals surface area contributed by atoms with E-state index in [1.165, 1.54) is 28.6 Å². The van der Waals surface area contributed by atoms with E-state index < -0.39 is 27.8 Å². The summed E-state index contributed by atoms with van der Waals surface area (Å²) >= 11 is 0. The van der Waals surface area contributed by atoms with Crippen molar-refractivity contribution in [3.63, 3.8) is 0 Å². The molecule has 2 atom stereocenters. The van der Waals surface area contributed by atoms with Crippen molar-refractivity contribution in [2.24, 2.45) is 0 Å². The summed E-state index contributed by atoms with van der Waals surface area (Å²) in [5.41, 5.74) is 0.455. The molecule has 3 rings (SSSR count). The molecule has 0 aromatic heterocycles. The quantitative estimate of drug-likeness (QED) is 0.654. The third-order valence-corrected chi connectivity index (χ3v) is 7.63. The van der Waals surface area contributed by atoms with Crippen molar-refractivity contribution < 1.29 is 31.3 Å². The van der Waals surface area contributed by atoms with Gasteiger partial charge in [0, 0.05) is 24.3 Å². The van der Waals surface area contributed by atoms with Gasteiger partial charge in [0.05, 0.1) is 17.5 Å².